The van der Waals surface area contributed by atoms with Gasteiger partial charge in [-0.25, -0.2) is 4.79 Å². The number of benzene rings is 4. The second-order valence-corrected chi connectivity index (χ2v) is 9.64. The summed E-state index contributed by atoms with van der Waals surface area (Å²) in [6, 6.07) is 24.3. The summed E-state index contributed by atoms with van der Waals surface area (Å²) in [7, 11) is 4.05. The van der Waals surface area contributed by atoms with E-state index in [9.17, 15) is 4.79 Å². The number of urea groups is 1. The molecule has 4 aromatic rings. The van der Waals surface area contributed by atoms with Gasteiger partial charge in [-0.05, 0) is 59.7 Å². The van der Waals surface area contributed by atoms with E-state index in [1.165, 1.54) is 5.39 Å². The summed E-state index contributed by atoms with van der Waals surface area (Å²) < 4.78 is 0. The maximum atomic E-state index is 12.8. The molecule has 0 fully saturated rings. The Morgan fingerprint density at radius 3 is 1.78 bits per heavy atom. The van der Waals surface area contributed by atoms with Gasteiger partial charge >= 0.3 is 6.03 Å². The van der Waals surface area contributed by atoms with Crippen molar-refractivity contribution in [2.24, 2.45) is 15.7 Å². The predicted molar refractivity (Wildman–Crippen MR) is 154 cm³/mol. The molecule has 4 aromatic carbocycles. The molecule has 0 spiro atoms. The van der Waals surface area contributed by atoms with Gasteiger partial charge < -0.3 is 20.4 Å². The number of hydrogen-bond donors (Lipinski definition) is 1. The molecule has 2 aliphatic rings. The third-order valence-corrected chi connectivity index (χ3v) is 7.63. The molecule has 0 bridgehead atoms. The van der Waals surface area contributed by atoms with Crippen LogP contribution in [0.25, 0.3) is 21.5 Å². The van der Waals surface area contributed by atoms with Crippen molar-refractivity contribution >= 4 is 62.6 Å². The van der Waals surface area contributed by atoms with Crippen LogP contribution >= 0.6 is 0 Å². The molecule has 2 atom stereocenters. The number of anilines is 4. The Hall–Kier alpha value is -4.59. The lowest BCUT2D eigenvalue weighted by Crippen LogP contribution is -2.46. The molecular formula is C29H29N7O. The van der Waals surface area contributed by atoms with E-state index in [4.69, 9.17) is 5.73 Å². The Balaban J connectivity index is 1.29. The lowest BCUT2D eigenvalue weighted by molar-refractivity contribution is 0.257. The Bertz CT molecular complexity index is 1610. The second-order valence-electron chi connectivity index (χ2n) is 9.64. The topological polar surface area (TPSA) is 80.8 Å². The van der Waals surface area contributed by atoms with E-state index in [-0.39, 0.29) is 18.3 Å². The molecule has 186 valence electrons. The van der Waals surface area contributed by atoms with Crippen molar-refractivity contribution < 1.29 is 4.79 Å². The van der Waals surface area contributed by atoms with Crippen molar-refractivity contribution in [3.63, 3.8) is 0 Å². The first-order valence-corrected chi connectivity index (χ1v) is 12.3. The largest absolute Gasteiger partial charge is 0.371 e. The molecule has 2 heterocycles. The van der Waals surface area contributed by atoms with Gasteiger partial charge in [0.2, 0.25) is 5.96 Å². The van der Waals surface area contributed by atoms with Gasteiger partial charge in [-0.3, -0.25) is 4.90 Å². The van der Waals surface area contributed by atoms with E-state index in [1.807, 2.05) is 55.1 Å². The van der Waals surface area contributed by atoms with Gasteiger partial charge in [-0.15, -0.1) is 0 Å². The summed E-state index contributed by atoms with van der Waals surface area (Å²) in [6.45, 7) is 4.10. The van der Waals surface area contributed by atoms with E-state index in [0.29, 0.717) is 0 Å². The second kappa shape index (κ2) is 8.51. The summed E-state index contributed by atoms with van der Waals surface area (Å²) in [5.74, 6) is 0.119. The lowest BCUT2D eigenvalue weighted by Gasteiger charge is -2.26. The number of rotatable bonds is 1. The van der Waals surface area contributed by atoms with Gasteiger partial charge in [0.25, 0.3) is 0 Å². The van der Waals surface area contributed by atoms with E-state index in [0.717, 1.165) is 38.9 Å². The Labute approximate surface area is 215 Å². The minimum atomic E-state index is -0.648. The first-order chi connectivity index (χ1) is 17.8. The maximum absolute atomic E-state index is 12.8. The molecule has 8 nitrogen and oxygen atoms in total. The fourth-order valence-corrected chi connectivity index (χ4v) is 5.33. The molecule has 2 amide bonds. The van der Waals surface area contributed by atoms with Gasteiger partial charge in [0.15, 0.2) is 0 Å². The number of carbonyl (C=O) groups excluding carboxylic acids is 1. The Kier molecular flexibility index (Phi) is 5.26. The number of amides is 2. The summed E-state index contributed by atoms with van der Waals surface area (Å²) >= 11 is 0. The fourth-order valence-electron chi connectivity index (χ4n) is 5.33. The summed E-state index contributed by atoms with van der Waals surface area (Å²) in [5, 5.41) is 4.56. The van der Waals surface area contributed by atoms with Gasteiger partial charge in [0.05, 0.1) is 22.7 Å². The number of carbonyl (C=O) groups is 1. The normalized spacial score (nSPS) is 19.4. The van der Waals surface area contributed by atoms with Crippen molar-refractivity contribution in [3.05, 3.63) is 72.8 Å². The van der Waals surface area contributed by atoms with Crippen molar-refractivity contribution in [3.8, 4) is 0 Å². The van der Waals surface area contributed by atoms with Crippen LogP contribution in [0.2, 0.25) is 0 Å². The highest BCUT2D eigenvalue weighted by atomic mass is 16.2. The molecule has 0 aromatic heterocycles. The number of guanidine groups is 1. The molecule has 0 radical (unpaired) electrons. The van der Waals surface area contributed by atoms with E-state index in [2.05, 4.69) is 75.2 Å². The summed E-state index contributed by atoms with van der Waals surface area (Å²) in [6.07, 6.45) is 1.46. The number of nitrogens with two attached hydrogens (primary N) is 1. The molecule has 2 N–H and O–H groups in total. The molecular weight excluding hydrogens is 462 g/mol. The molecule has 0 saturated heterocycles. The van der Waals surface area contributed by atoms with E-state index < -0.39 is 6.03 Å². The molecule has 6 rings (SSSR count). The highest BCUT2D eigenvalue weighted by Gasteiger charge is 2.34. The number of fused-ring (bicyclic) bond motifs is 4. The summed E-state index contributed by atoms with van der Waals surface area (Å²) in [5.41, 5.74) is 10.4. The molecule has 0 aliphatic carbocycles. The standard InChI is InChI=1S/C29H29N7O/c1-18-33(3)24-13-20-9-5-7-11-22(20)15-26(24)35(18)17-31-29(37)32-28(30)36-19(2)34(4)25-14-21-10-6-8-12-23(21)16-27(25)36/h5-19H,1-4H3,(H2,30,32,37)/b31-17+. The Morgan fingerprint density at radius 2 is 1.22 bits per heavy atom. The molecule has 8 heteroatoms. The zero-order chi connectivity index (χ0) is 25.8. The minimum Gasteiger partial charge on any atom is -0.369 e. The quantitative estimate of drug-likeness (QED) is 0.285. The van der Waals surface area contributed by atoms with Crippen LogP contribution in [0.4, 0.5) is 27.5 Å². The zero-order valence-electron chi connectivity index (χ0n) is 21.3. The van der Waals surface area contributed by atoms with Crippen molar-refractivity contribution in [1.29, 1.82) is 0 Å². The van der Waals surface area contributed by atoms with E-state index in [1.54, 1.807) is 6.34 Å². The Morgan fingerprint density at radius 1 is 0.757 bits per heavy atom. The molecule has 0 saturated carbocycles. The highest BCUT2D eigenvalue weighted by Crippen LogP contribution is 2.42. The first-order valence-electron chi connectivity index (χ1n) is 12.3. The predicted octanol–water partition coefficient (Wildman–Crippen LogP) is 5.36. The third kappa shape index (κ3) is 3.64. The fraction of sp³-hybridized carbons (Fsp3) is 0.207. The minimum absolute atomic E-state index is 0.00268. The van der Waals surface area contributed by atoms with Crippen LogP contribution in [-0.2, 0) is 0 Å². The van der Waals surface area contributed by atoms with Crippen LogP contribution < -0.4 is 25.3 Å². The SMILES string of the molecule is CC1N(C)c2cc3ccccc3cc2N1/C=N/C(=O)N=C(N)N1c2cc3ccccc3cc2N(C)C1C. The zero-order valence-corrected chi connectivity index (χ0v) is 21.3. The lowest BCUT2D eigenvalue weighted by atomic mass is 10.1. The number of hydrogen-bond acceptors (Lipinski definition) is 3. The van der Waals surface area contributed by atoms with Gasteiger partial charge in [-0.1, -0.05) is 48.5 Å². The monoisotopic (exact) mass is 491 g/mol. The van der Waals surface area contributed by atoms with Crippen LogP contribution in [0.5, 0.6) is 0 Å². The van der Waals surface area contributed by atoms with Crippen molar-refractivity contribution in [2.75, 3.05) is 33.7 Å². The van der Waals surface area contributed by atoms with Gasteiger partial charge in [0, 0.05) is 14.1 Å². The van der Waals surface area contributed by atoms with Crippen LogP contribution in [0.3, 0.4) is 0 Å². The molecule has 2 aliphatic heterocycles. The van der Waals surface area contributed by atoms with Gasteiger partial charge in [-0.2, -0.15) is 9.98 Å². The van der Waals surface area contributed by atoms with Crippen LogP contribution in [0.1, 0.15) is 13.8 Å². The van der Waals surface area contributed by atoms with Crippen LogP contribution in [0, 0.1) is 0 Å². The van der Waals surface area contributed by atoms with Crippen molar-refractivity contribution in [2.45, 2.75) is 26.2 Å². The average molecular weight is 492 g/mol. The smallest absolute Gasteiger partial charge is 0.369 e. The van der Waals surface area contributed by atoms with Crippen LogP contribution in [-0.4, -0.2) is 44.8 Å². The van der Waals surface area contributed by atoms with Crippen molar-refractivity contribution in [1.82, 2.24) is 0 Å². The average Bonchev–Trinajstić information content (AvgIpc) is 3.28. The number of aliphatic imine (C=N–C) groups is 2. The summed E-state index contributed by atoms with van der Waals surface area (Å²) in [4.78, 5) is 29.3. The number of nitrogens with zero attached hydrogens (tertiary/aromatic N) is 6. The van der Waals surface area contributed by atoms with Gasteiger partial charge in [0.1, 0.15) is 18.7 Å². The molecule has 2 unspecified atom stereocenters. The first kappa shape index (κ1) is 22.8. The third-order valence-electron chi connectivity index (χ3n) is 7.63. The maximum Gasteiger partial charge on any atom is 0.371 e. The molecule has 37 heavy (non-hydrogen) atoms. The van der Waals surface area contributed by atoms with Crippen LogP contribution in [0.15, 0.2) is 82.8 Å². The van der Waals surface area contributed by atoms with E-state index >= 15 is 0 Å². The highest BCUT2D eigenvalue weighted by molar-refractivity contribution is 6.09.